The van der Waals surface area contributed by atoms with Crippen LogP contribution in [-0.2, 0) is 0 Å². The Morgan fingerprint density at radius 1 is 1.33 bits per heavy atom. The predicted octanol–water partition coefficient (Wildman–Crippen LogP) is 2.20. The van der Waals surface area contributed by atoms with Crippen LogP contribution >= 0.6 is 11.8 Å². The number of ether oxygens (including phenoxy) is 1. The van der Waals surface area contributed by atoms with Crippen molar-refractivity contribution in [2.24, 2.45) is 0 Å². The Morgan fingerprint density at radius 3 is 2.33 bits per heavy atom. The molecule has 0 radical (unpaired) electrons. The Hall–Kier alpha value is -0.960. The molecule has 0 spiro atoms. The summed E-state index contributed by atoms with van der Waals surface area (Å²) in [6.45, 7) is 0. The van der Waals surface area contributed by atoms with Crippen LogP contribution in [0.15, 0.2) is 24.3 Å². The highest BCUT2D eigenvalue weighted by molar-refractivity contribution is 8.13. The number of hydrogen-bond acceptors (Lipinski definition) is 3. The number of hydrogen-bond donors (Lipinski definition) is 0. The van der Waals surface area contributed by atoms with Crippen LogP contribution in [0.2, 0.25) is 0 Å². The number of rotatable bonds is 2. The first-order valence-corrected chi connectivity index (χ1v) is 4.72. The second kappa shape index (κ2) is 4.16. The first kappa shape index (κ1) is 9.13. The molecule has 0 aromatic heterocycles. The minimum Gasteiger partial charge on any atom is -0.497 e. The molecular weight excluding hydrogens is 172 g/mol. The number of methoxy groups -OCH3 is 1. The van der Waals surface area contributed by atoms with E-state index >= 15 is 0 Å². The Kier molecular flexibility index (Phi) is 3.17. The maximum Gasteiger partial charge on any atom is 0.219 e. The summed E-state index contributed by atoms with van der Waals surface area (Å²) in [5.74, 6) is 0.771. The van der Waals surface area contributed by atoms with E-state index in [0.717, 1.165) is 5.75 Å². The minimum atomic E-state index is 0.0812. The molecule has 0 N–H and O–H groups in total. The average Bonchev–Trinajstić information content (AvgIpc) is 2.17. The van der Waals surface area contributed by atoms with E-state index in [1.807, 2.05) is 0 Å². The van der Waals surface area contributed by atoms with Crippen LogP contribution in [0, 0.1) is 0 Å². The monoisotopic (exact) mass is 182 g/mol. The Balaban J connectivity index is 2.84. The lowest BCUT2D eigenvalue weighted by atomic mass is 10.2. The fraction of sp³-hybridized carbons (Fsp3) is 0.222. The van der Waals surface area contributed by atoms with Crippen molar-refractivity contribution in [3.8, 4) is 5.75 Å². The maximum atomic E-state index is 11.1. The van der Waals surface area contributed by atoms with Gasteiger partial charge in [-0.05, 0) is 30.5 Å². The summed E-state index contributed by atoms with van der Waals surface area (Å²) < 4.78 is 4.96. The fourth-order valence-corrected chi connectivity index (χ4v) is 1.22. The molecule has 64 valence electrons. The zero-order valence-corrected chi connectivity index (χ0v) is 7.85. The van der Waals surface area contributed by atoms with Crippen LogP contribution in [0.1, 0.15) is 10.4 Å². The van der Waals surface area contributed by atoms with Crippen molar-refractivity contribution < 1.29 is 9.53 Å². The summed E-state index contributed by atoms with van der Waals surface area (Å²) in [6, 6.07) is 7.09. The molecule has 0 aliphatic carbocycles. The van der Waals surface area contributed by atoms with Crippen molar-refractivity contribution in [2.45, 2.75) is 0 Å². The van der Waals surface area contributed by atoms with Crippen molar-refractivity contribution in [1.29, 1.82) is 0 Å². The Morgan fingerprint density at radius 2 is 1.92 bits per heavy atom. The van der Waals surface area contributed by atoms with E-state index in [9.17, 15) is 4.79 Å². The van der Waals surface area contributed by atoms with Gasteiger partial charge in [0.05, 0.1) is 7.11 Å². The molecule has 0 aliphatic heterocycles. The van der Waals surface area contributed by atoms with Crippen LogP contribution in [0.5, 0.6) is 5.75 Å². The topological polar surface area (TPSA) is 26.3 Å². The molecular formula is C9H10O2S. The van der Waals surface area contributed by atoms with Gasteiger partial charge in [-0.1, -0.05) is 11.8 Å². The highest BCUT2D eigenvalue weighted by Gasteiger charge is 2.02. The summed E-state index contributed by atoms with van der Waals surface area (Å²) in [7, 11) is 1.60. The second-order valence-corrected chi connectivity index (χ2v) is 3.00. The first-order chi connectivity index (χ1) is 5.77. The molecule has 0 heterocycles. The second-order valence-electron chi connectivity index (χ2n) is 2.22. The molecule has 0 saturated heterocycles. The molecule has 0 atom stereocenters. The summed E-state index contributed by atoms with van der Waals surface area (Å²) in [6.07, 6.45) is 1.77. The molecule has 0 aliphatic rings. The van der Waals surface area contributed by atoms with Crippen molar-refractivity contribution in [2.75, 3.05) is 13.4 Å². The number of benzene rings is 1. The summed E-state index contributed by atoms with van der Waals surface area (Å²) in [5, 5.41) is 0.0812. The highest BCUT2D eigenvalue weighted by Crippen LogP contribution is 2.14. The third-order valence-electron chi connectivity index (χ3n) is 1.51. The normalized spacial score (nSPS) is 9.50. The lowest BCUT2D eigenvalue weighted by molar-refractivity contribution is 0.108. The van der Waals surface area contributed by atoms with Gasteiger partial charge in [-0.25, -0.2) is 0 Å². The van der Waals surface area contributed by atoms with Gasteiger partial charge in [-0.3, -0.25) is 4.79 Å². The van der Waals surface area contributed by atoms with Gasteiger partial charge in [-0.15, -0.1) is 0 Å². The van der Waals surface area contributed by atoms with E-state index in [1.165, 1.54) is 11.8 Å². The first-order valence-electron chi connectivity index (χ1n) is 3.50. The molecule has 12 heavy (non-hydrogen) atoms. The third-order valence-corrected chi connectivity index (χ3v) is 2.12. The molecule has 1 aromatic rings. The van der Waals surface area contributed by atoms with Gasteiger partial charge in [0.1, 0.15) is 5.75 Å². The molecule has 0 amide bonds. The molecule has 0 fully saturated rings. The minimum absolute atomic E-state index is 0.0812. The Bertz CT molecular complexity index is 266. The van der Waals surface area contributed by atoms with Crippen molar-refractivity contribution in [1.82, 2.24) is 0 Å². The van der Waals surface area contributed by atoms with Gasteiger partial charge < -0.3 is 4.74 Å². The Labute approximate surface area is 75.9 Å². The van der Waals surface area contributed by atoms with E-state index < -0.39 is 0 Å². The summed E-state index contributed by atoms with van der Waals surface area (Å²) >= 11 is 1.21. The zero-order chi connectivity index (χ0) is 8.97. The SMILES string of the molecule is COc1ccc(C(=O)SC)cc1. The fourth-order valence-electron chi connectivity index (χ4n) is 0.845. The van der Waals surface area contributed by atoms with Gasteiger partial charge in [-0.2, -0.15) is 0 Å². The summed E-state index contributed by atoms with van der Waals surface area (Å²) in [5.41, 5.74) is 0.711. The van der Waals surface area contributed by atoms with Crippen LogP contribution in [0.4, 0.5) is 0 Å². The van der Waals surface area contributed by atoms with E-state index in [0.29, 0.717) is 5.56 Å². The van der Waals surface area contributed by atoms with Crippen molar-refractivity contribution in [3.63, 3.8) is 0 Å². The smallest absolute Gasteiger partial charge is 0.219 e. The predicted molar refractivity (Wildman–Crippen MR) is 50.8 cm³/mol. The lowest BCUT2D eigenvalue weighted by Crippen LogP contribution is -1.91. The number of carbonyl (C=O) groups is 1. The van der Waals surface area contributed by atoms with Crippen LogP contribution in [0.3, 0.4) is 0 Å². The maximum absolute atomic E-state index is 11.1. The number of carbonyl (C=O) groups excluding carboxylic acids is 1. The third kappa shape index (κ3) is 2.01. The quantitative estimate of drug-likeness (QED) is 0.701. The van der Waals surface area contributed by atoms with E-state index in [1.54, 1.807) is 37.6 Å². The van der Waals surface area contributed by atoms with Crippen LogP contribution in [-0.4, -0.2) is 18.5 Å². The zero-order valence-electron chi connectivity index (χ0n) is 7.03. The van der Waals surface area contributed by atoms with Gasteiger partial charge in [0, 0.05) is 5.56 Å². The molecule has 0 saturated carbocycles. The lowest BCUT2D eigenvalue weighted by Gasteiger charge is -1.99. The standard InChI is InChI=1S/C9H10O2S/c1-11-8-5-3-7(4-6-8)9(10)12-2/h3-6H,1-2H3. The van der Waals surface area contributed by atoms with E-state index in [-0.39, 0.29) is 5.12 Å². The summed E-state index contributed by atoms with van der Waals surface area (Å²) in [4.78, 5) is 11.1. The molecule has 3 heteroatoms. The molecule has 0 bridgehead atoms. The highest BCUT2D eigenvalue weighted by atomic mass is 32.2. The largest absolute Gasteiger partial charge is 0.497 e. The van der Waals surface area contributed by atoms with Crippen LogP contribution < -0.4 is 4.74 Å². The molecule has 0 unspecified atom stereocenters. The van der Waals surface area contributed by atoms with Crippen molar-refractivity contribution >= 4 is 16.9 Å². The van der Waals surface area contributed by atoms with Crippen LogP contribution in [0.25, 0.3) is 0 Å². The van der Waals surface area contributed by atoms with E-state index in [2.05, 4.69) is 0 Å². The van der Waals surface area contributed by atoms with Gasteiger partial charge in [0.15, 0.2) is 0 Å². The van der Waals surface area contributed by atoms with Gasteiger partial charge in [0.25, 0.3) is 0 Å². The molecule has 1 aromatic carbocycles. The van der Waals surface area contributed by atoms with Gasteiger partial charge >= 0.3 is 0 Å². The molecule has 2 nitrogen and oxygen atoms in total. The average molecular weight is 182 g/mol. The van der Waals surface area contributed by atoms with Gasteiger partial charge in [0.2, 0.25) is 5.12 Å². The number of thioether (sulfide) groups is 1. The molecule has 1 rings (SSSR count). The van der Waals surface area contributed by atoms with Crippen molar-refractivity contribution in [3.05, 3.63) is 29.8 Å². The van der Waals surface area contributed by atoms with E-state index in [4.69, 9.17) is 4.74 Å².